The monoisotopic (exact) mass is 224 g/mol. The minimum Gasteiger partial charge on any atom is -0.336 e. The van der Waals surface area contributed by atoms with Crippen molar-refractivity contribution in [1.82, 2.24) is 15.1 Å². The molecule has 0 aliphatic carbocycles. The summed E-state index contributed by atoms with van der Waals surface area (Å²) in [7, 11) is 1.74. The number of carbonyl (C=O) groups is 1. The van der Waals surface area contributed by atoms with Crippen LogP contribution in [0.2, 0.25) is 0 Å². The fraction of sp³-hybridized carbons (Fsp3) is 0.636. The van der Waals surface area contributed by atoms with E-state index in [1.807, 2.05) is 20.8 Å². The van der Waals surface area contributed by atoms with Crippen molar-refractivity contribution in [1.29, 1.82) is 0 Å². The summed E-state index contributed by atoms with van der Waals surface area (Å²) in [6.07, 6.45) is 0. The highest BCUT2D eigenvalue weighted by Crippen LogP contribution is 2.13. The number of amides is 1. The van der Waals surface area contributed by atoms with Gasteiger partial charge >= 0.3 is 0 Å². The minimum atomic E-state index is -0.0962. The Balaban J connectivity index is 2.80. The van der Waals surface area contributed by atoms with Crippen molar-refractivity contribution in [2.75, 3.05) is 13.6 Å². The zero-order valence-corrected chi connectivity index (χ0v) is 10.3. The summed E-state index contributed by atoms with van der Waals surface area (Å²) in [6.45, 7) is 6.46. The van der Waals surface area contributed by atoms with E-state index in [2.05, 4.69) is 10.2 Å². The van der Waals surface area contributed by atoms with Crippen LogP contribution in [0, 0.1) is 0 Å². The molecule has 90 valence electrons. The SMILES string of the molecule is CC(C)c1cc(C(=O)N(C)C(C)CN)n[nH]1. The molecule has 1 unspecified atom stereocenters. The maximum atomic E-state index is 12.0. The first-order chi connectivity index (χ1) is 7.47. The molecule has 1 rings (SSSR count). The molecule has 1 heterocycles. The van der Waals surface area contributed by atoms with Crippen LogP contribution in [-0.2, 0) is 0 Å². The number of aromatic nitrogens is 2. The van der Waals surface area contributed by atoms with Crippen LogP contribution in [0.4, 0.5) is 0 Å². The molecule has 1 aromatic rings. The number of nitrogens with zero attached hydrogens (tertiary/aromatic N) is 2. The predicted octanol–water partition coefficient (Wildman–Crippen LogP) is 0.952. The maximum Gasteiger partial charge on any atom is 0.274 e. The highest BCUT2D eigenvalue weighted by atomic mass is 16.2. The van der Waals surface area contributed by atoms with Gasteiger partial charge in [0.05, 0.1) is 0 Å². The van der Waals surface area contributed by atoms with Crippen LogP contribution in [0.15, 0.2) is 6.07 Å². The topological polar surface area (TPSA) is 75.0 Å². The van der Waals surface area contributed by atoms with E-state index in [9.17, 15) is 4.79 Å². The van der Waals surface area contributed by atoms with Gasteiger partial charge in [-0.05, 0) is 18.9 Å². The third-order valence-corrected chi connectivity index (χ3v) is 2.76. The largest absolute Gasteiger partial charge is 0.336 e. The zero-order chi connectivity index (χ0) is 12.3. The number of nitrogens with one attached hydrogen (secondary N) is 1. The third kappa shape index (κ3) is 2.61. The van der Waals surface area contributed by atoms with Crippen molar-refractivity contribution >= 4 is 5.91 Å². The second-order valence-electron chi connectivity index (χ2n) is 4.36. The van der Waals surface area contributed by atoms with Crippen molar-refractivity contribution in [3.05, 3.63) is 17.5 Å². The Morgan fingerprint density at radius 2 is 2.19 bits per heavy atom. The average Bonchev–Trinajstić information content (AvgIpc) is 2.75. The normalized spacial score (nSPS) is 12.9. The van der Waals surface area contributed by atoms with Gasteiger partial charge in [-0.3, -0.25) is 9.89 Å². The smallest absolute Gasteiger partial charge is 0.274 e. The van der Waals surface area contributed by atoms with Gasteiger partial charge in [0, 0.05) is 25.3 Å². The Morgan fingerprint density at radius 1 is 1.56 bits per heavy atom. The molecule has 0 bridgehead atoms. The van der Waals surface area contributed by atoms with Crippen LogP contribution in [-0.4, -0.2) is 40.6 Å². The highest BCUT2D eigenvalue weighted by Gasteiger charge is 2.19. The summed E-state index contributed by atoms with van der Waals surface area (Å²) >= 11 is 0. The molecular weight excluding hydrogens is 204 g/mol. The lowest BCUT2D eigenvalue weighted by molar-refractivity contribution is 0.0742. The second kappa shape index (κ2) is 5.12. The Labute approximate surface area is 96.0 Å². The molecule has 1 atom stereocenters. The predicted molar refractivity (Wildman–Crippen MR) is 63.3 cm³/mol. The molecule has 5 nitrogen and oxygen atoms in total. The summed E-state index contributed by atoms with van der Waals surface area (Å²) in [4.78, 5) is 13.6. The average molecular weight is 224 g/mol. The molecule has 0 fully saturated rings. The van der Waals surface area contributed by atoms with Gasteiger partial charge in [-0.25, -0.2) is 0 Å². The Kier molecular flexibility index (Phi) is 4.06. The van der Waals surface area contributed by atoms with E-state index in [4.69, 9.17) is 5.73 Å². The van der Waals surface area contributed by atoms with Gasteiger partial charge in [0.1, 0.15) is 5.69 Å². The molecule has 0 saturated heterocycles. The summed E-state index contributed by atoms with van der Waals surface area (Å²) in [5, 5.41) is 6.89. The van der Waals surface area contributed by atoms with Crippen molar-refractivity contribution in [2.24, 2.45) is 5.73 Å². The molecule has 1 aromatic heterocycles. The third-order valence-electron chi connectivity index (χ3n) is 2.76. The number of H-pyrrole nitrogens is 1. The van der Waals surface area contributed by atoms with Crippen molar-refractivity contribution in [3.8, 4) is 0 Å². The molecule has 0 spiro atoms. The van der Waals surface area contributed by atoms with Gasteiger partial charge < -0.3 is 10.6 Å². The first kappa shape index (κ1) is 12.7. The van der Waals surface area contributed by atoms with Crippen LogP contribution < -0.4 is 5.73 Å². The number of likely N-dealkylation sites (N-methyl/N-ethyl adjacent to an activating group) is 1. The molecule has 5 heteroatoms. The molecule has 1 amide bonds. The maximum absolute atomic E-state index is 12.0. The van der Waals surface area contributed by atoms with Gasteiger partial charge in [0.2, 0.25) is 0 Å². The lowest BCUT2D eigenvalue weighted by atomic mass is 10.1. The number of rotatable bonds is 4. The van der Waals surface area contributed by atoms with E-state index in [1.165, 1.54) is 0 Å². The van der Waals surface area contributed by atoms with Crippen LogP contribution in [0.25, 0.3) is 0 Å². The molecule has 16 heavy (non-hydrogen) atoms. The van der Waals surface area contributed by atoms with Gasteiger partial charge in [-0.2, -0.15) is 5.10 Å². The van der Waals surface area contributed by atoms with Crippen molar-refractivity contribution in [2.45, 2.75) is 32.7 Å². The molecule has 0 saturated carbocycles. The quantitative estimate of drug-likeness (QED) is 0.799. The van der Waals surface area contributed by atoms with E-state index < -0.39 is 0 Å². The van der Waals surface area contributed by atoms with Gasteiger partial charge in [-0.1, -0.05) is 13.8 Å². The summed E-state index contributed by atoms with van der Waals surface area (Å²) < 4.78 is 0. The Bertz CT molecular complexity index is 359. The van der Waals surface area contributed by atoms with E-state index in [1.54, 1.807) is 18.0 Å². The number of nitrogens with two attached hydrogens (primary N) is 1. The minimum absolute atomic E-state index is 0.0201. The van der Waals surface area contributed by atoms with E-state index >= 15 is 0 Å². The highest BCUT2D eigenvalue weighted by molar-refractivity contribution is 5.92. The first-order valence-corrected chi connectivity index (χ1v) is 5.49. The molecule has 0 radical (unpaired) electrons. The molecular formula is C11H20N4O. The van der Waals surface area contributed by atoms with Crippen LogP contribution in [0.1, 0.15) is 42.9 Å². The van der Waals surface area contributed by atoms with Gasteiger partial charge in [0.15, 0.2) is 0 Å². The van der Waals surface area contributed by atoms with Gasteiger partial charge in [-0.15, -0.1) is 0 Å². The lowest BCUT2D eigenvalue weighted by Crippen LogP contribution is -2.39. The van der Waals surface area contributed by atoms with E-state index in [0.29, 0.717) is 18.2 Å². The number of hydrogen-bond acceptors (Lipinski definition) is 3. The standard InChI is InChI=1S/C11H20N4O/c1-7(2)9-5-10(14-13-9)11(16)15(4)8(3)6-12/h5,7-8H,6,12H2,1-4H3,(H,13,14). The van der Waals surface area contributed by atoms with Crippen molar-refractivity contribution in [3.63, 3.8) is 0 Å². The van der Waals surface area contributed by atoms with E-state index in [0.717, 1.165) is 5.69 Å². The summed E-state index contributed by atoms with van der Waals surface area (Å²) in [5.74, 6) is 0.243. The summed E-state index contributed by atoms with van der Waals surface area (Å²) in [5.41, 5.74) is 6.94. The van der Waals surface area contributed by atoms with Gasteiger partial charge in [0.25, 0.3) is 5.91 Å². The molecule has 0 aromatic carbocycles. The van der Waals surface area contributed by atoms with E-state index in [-0.39, 0.29) is 11.9 Å². The number of aromatic amines is 1. The second-order valence-corrected chi connectivity index (χ2v) is 4.36. The Hall–Kier alpha value is -1.36. The van der Waals surface area contributed by atoms with Crippen molar-refractivity contribution < 1.29 is 4.79 Å². The fourth-order valence-corrected chi connectivity index (χ4v) is 1.28. The number of carbonyl (C=O) groups excluding carboxylic acids is 1. The van der Waals surface area contributed by atoms with Crippen LogP contribution in [0.3, 0.4) is 0 Å². The molecule has 0 aliphatic rings. The van der Waals surface area contributed by atoms with Crippen LogP contribution in [0.5, 0.6) is 0 Å². The lowest BCUT2D eigenvalue weighted by Gasteiger charge is -2.22. The fourth-order valence-electron chi connectivity index (χ4n) is 1.28. The Morgan fingerprint density at radius 3 is 2.62 bits per heavy atom. The zero-order valence-electron chi connectivity index (χ0n) is 10.3. The first-order valence-electron chi connectivity index (χ1n) is 5.49. The summed E-state index contributed by atoms with van der Waals surface area (Å²) in [6, 6.07) is 1.82. The number of hydrogen-bond donors (Lipinski definition) is 2. The molecule has 0 aliphatic heterocycles. The van der Waals surface area contributed by atoms with Crippen LogP contribution >= 0.6 is 0 Å². The molecule has 3 N–H and O–H groups in total.